The minimum Gasteiger partial charge on any atom is -0.321 e. The zero-order chi connectivity index (χ0) is 25.3. The van der Waals surface area contributed by atoms with Crippen molar-refractivity contribution in [2.24, 2.45) is 0 Å². The van der Waals surface area contributed by atoms with Crippen molar-refractivity contribution in [3.8, 4) is 29.3 Å². The van der Waals surface area contributed by atoms with Crippen LogP contribution in [0.1, 0.15) is 21.5 Å². The Labute approximate surface area is 205 Å². The van der Waals surface area contributed by atoms with Crippen molar-refractivity contribution < 1.29 is 22.4 Å². The third-order valence-electron chi connectivity index (χ3n) is 4.78. The Morgan fingerprint density at radius 3 is 2.46 bits per heavy atom. The third kappa shape index (κ3) is 4.82. The van der Waals surface area contributed by atoms with Crippen LogP contribution in [0.2, 0.25) is 10.0 Å². The maximum absolute atomic E-state index is 15.0. The van der Waals surface area contributed by atoms with Crippen molar-refractivity contribution in [2.75, 3.05) is 5.32 Å². The second kappa shape index (κ2) is 9.37. The first-order valence-corrected chi connectivity index (χ1v) is 10.4. The first kappa shape index (κ1) is 24.2. The number of alkyl halides is 3. The molecule has 0 saturated carbocycles. The van der Waals surface area contributed by atoms with Crippen LogP contribution in [0.3, 0.4) is 0 Å². The van der Waals surface area contributed by atoms with Crippen molar-refractivity contribution in [2.45, 2.75) is 6.18 Å². The Morgan fingerprint density at radius 2 is 1.80 bits per heavy atom. The Balaban J connectivity index is 1.69. The number of benzene rings is 2. The summed E-state index contributed by atoms with van der Waals surface area (Å²) in [4.78, 5) is 17.2. The van der Waals surface area contributed by atoms with E-state index in [2.05, 4.69) is 26.4 Å². The SMILES string of the molecule is C#Cc1cccc(Cl)c1-c1cc(Cl)c(C(=O)Nc2cnc(-n3nccn3)c(C(F)(F)F)c2)cc1F. The van der Waals surface area contributed by atoms with Gasteiger partial charge in [-0.3, -0.25) is 4.79 Å². The van der Waals surface area contributed by atoms with Gasteiger partial charge in [-0.15, -0.1) is 11.2 Å². The van der Waals surface area contributed by atoms with E-state index in [1.165, 1.54) is 24.5 Å². The summed E-state index contributed by atoms with van der Waals surface area (Å²) in [5, 5.41) is 9.53. The lowest BCUT2D eigenvalue weighted by Gasteiger charge is -2.14. The number of hydrogen-bond donors (Lipinski definition) is 1. The number of carbonyl (C=O) groups is 1. The summed E-state index contributed by atoms with van der Waals surface area (Å²) in [6.45, 7) is 0. The fourth-order valence-corrected chi connectivity index (χ4v) is 3.77. The molecule has 0 fully saturated rings. The first-order valence-electron chi connectivity index (χ1n) is 9.60. The molecule has 4 rings (SSSR count). The number of terminal acetylenes is 1. The summed E-state index contributed by atoms with van der Waals surface area (Å²) in [5.41, 5.74) is -1.35. The van der Waals surface area contributed by atoms with Gasteiger partial charge in [0.1, 0.15) is 11.4 Å². The van der Waals surface area contributed by atoms with Gasteiger partial charge >= 0.3 is 6.18 Å². The van der Waals surface area contributed by atoms with Crippen molar-refractivity contribution in [3.63, 3.8) is 0 Å². The number of nitrogens with zero attached hydrogens (tertiary/aromatic N) is 4. The van der Waals surface area contributed by atoms with Crippen molar-refractivity contribution in [3.05, 3.63) is 87.5 Å². The summed E-state index contributed by atoms with van der Waals surface area (Å²) < 4.78 is 55.7. The van der Waals surface area contributed by atoms with Gasteiger partial charge in [0, 0.05) is 21.7 Å². The molecule has 0 aliphatic rings. The van der Waals surface area contributed by atoms with E-state index in [1.54, 1.807) is 12.1 Å². The predicted octanol–water partition coefficient (Wildman–Crippen LogP) is 6.03. The van der Waals surface area contributed by atoms with Crippen LogP contribution >= 0.6 is 23.2 Å². The molecule has 0 radical (unpaired) electrons. The van der Waals surface area contributed by atoms with Gasteiger partial charge in [-0.25, -0.2) is 9.37 Å². The van der Waals surface area contributed by atoms with E-state index in [4.69, 9.17) is 29.6 Å². The summed E-state index contributed by atoms with van der Waals surface area (Å²) in [5.74, 6) is -0.00854. The number of rotatable bonds is 4. The molecule has 1 amide bonds. The number of amides is 1. The largest absolute Gasteiger partial charge is 0.420 e. The quantitative estimate of drug-likeness (QED) is 0.264. The highest BCUT2D eigenvalue weighted by atomic mass is 35.5. The number of nitrogens with one attached hydrogen (secondary N) is 1. The van der Waals surface area contributed by atoms with Crippen molar-refractivity contribution in [1.82, 2.24) is 20.0 Å². The van der Waals surface area contributed by atoms with Gasteiger partial charge in [0.15, 0.2) is 5.82 Å². The smallest absolute Gasteiger partial charge is 0.321 e. The number of anilines is 1. The average molecular weight is 520 g/mol. The van der Waals surface area contributed by atoms with Gasteiger partial charge in [0.05, 0.1) is 34.9 Å². The standard InChI is InChI=1S/C23H11Cl2F4N5O/c1-2-12-4-3-5-17(24)20(12)15-9-18(25)14(10-19(15)26)22(35)33-13-8-16(23(27,28)29)21(30-11-13)34-31-6-7-32-34/h1,3-11H,(H,33,35). The number of hydrogen-bond acceptors (Lipinski definition) is 4. The fourth-order valence-electron chi connectivity index (χ4n) is 3.25. The molecule has 0 bridgehead atoms. The fraction of sp³-hybridized carbons (Fsp3) is 0.0435. The van der Waals surface area contributed by atoms with Gasteiger partial charge in [-0.05, 0) is 30.3 Å². The molecule has 12 heteroatoms. The van der Waals surface area contributed by atoms with Crippen LogP contribution in [0.4, 0.5) is 23.2 Å². The lowest BCUT2D eigenvalue weighted by molar-refractivity contribution is -0.137. The first-order chi connectivity index (χ1) is 16.6. The summed E-state index contributed by atoms with van der Waals surface area (Å²) >= 11 is 12.4. The highest BCUT2D eigenvalue weighted by Crippen LogP contribution is 2.37. The van der Waals surface area contributed by atoms with Gasteiger partial charge in [-0.2, -0.15) is 23.4 Å². The molecule has 0 unspecified atom stereocenters. The lowest BCUT2D eigenvalue weighted by Crippen LogP contribution is -2.17. The highest BCUT2D eigenvalue weighted by Gasteiger charge is 2.36. The minimum absolute atomic E-state index is 0.0396. The Morgan fingerprint density at radius 1 is 1.09 bits per heavy atom. The number of aromatic nitrogens is 4. The third-order valence-corrected chi connectivity index (χ3v) is 5.41. The van der Waals surface area contributed by atoms with E-state index < -0.39 is 29.3 Å². The lowest BCUT2D eigenvalue weighted by atomic mass is 9.98. The molecule has 2 heterocycles. The second-order valence-corrected chi connectivity index (χ2v) is 7.80. The van der Waals surface area contributed by atoms with Crippen molar-refractivity contribution >= 4 is 34.8 Å². The van der Waals surface area contributed by atoms with Crippen LogP contribution in [0.15, 0.2) is 55.0 Å². The molecule has 1 N–H and O–H groups in total. The van der Waals surface area contributed by atoms with E-state index in [0.717, 1.165) is 12.3 Å². The Kier molecular flexibility index (Phi) is 6.47. The predicted molar refractivity (Wildman–Crippen MR) is 122 cm³/mol. The normalized spacial score (nSPS) is 11.2. The maximum Gasteiger partial charge on any atom is 0.420 e. The van der Waals surface area contributed by atoms with Crippen LogP contribution in [-0.2, 0) is 6.18 Å². The zero-order valence-electron chi connectivity index (χ0n) is 17.2. The molecule has 0 aliphatic carbocycles. The van der Waals surface area contributed by atoms with E-state index >= 15 is 0 Å². The summed E-state index contributed by atoms with van der Waals surface area (Å²) in [6.07, 6.45) is 4.00. The molecule has 176 valence electrons. The molecule has 6 nitrogen and oxygen atoms in total. The van der Waals surface area contributed by atoms with E-state index in [9.17, 15) is 22.4 Å². The van der Waals surface area contributed by atoms with E-state index in [-0.39, 0.29) is 32.4 Å². The van der Waals surface area contributed by atoms with Crippen molar-refractivity contribution in [1.29, 1.82) is 0 Å². The number of pyridine rings is 1. The molecule has 0 atom stereocenters. The van der Waals surface area contributed by atoms with Crippen LogP contribution in [0.5, 0.6) is 0 Å². The van der Waals surface area contributed by atoms with Crippen LogP contribution < -0.4 is 5.32 Å². The molecule has 2 aromatic heterocycles. The van der Waals surface area contributed by atoms with Gasteiger partial charge in [0.25, 0.3) is 5.91 Å². The summed E-state index contributed by atoms with van der Waals surface area (Å²) in [7, 11) is 0. The van der Waals surface area contributed by atoms with E-state index in [0.29, 0.717) is 16.4 Å². The minimum atomic E-state index is -4.83. The molecule has 0 spiro atoms. The Bertz CT molecular complexity index is 1480. The highest BCUT2D eigenvalue weighted by molar-refractivity contribution is 6.35. The molecule has 2 aromatic carbocycles. The van der Waals surface area contributed by atoms with E-state index in [1.807, 2.05) is 0 Å². The number of halogens is 6. The summed E-state index contributed by atoms with van der Waals surface area (Å²) in [6, 6.07) is 7.34. The van der Waals surface area contributed by atoms with Gasteiger partial charge < -0.3 is 5.32 Å². The molecule has 4 aromatic rings. The second-order valence-electron chi connectivity index (χ2n) is 6.98. The maximum atomic E-state index is 15.0. The molecular weight excluding hydrogens is 509 g/mol. The van der Waals surface area contributed by atoms with Crippen LogP contribution in [0, 0.1) is 18.2 Å². The zero-order valence-corrected chi connectivity index (χ0v) is 18.8. The van der Waals surface area contributed by atoms with Crippen LogP contribution in [0.25, 0.3) is 16.9 Å². The topological polar surface area (TPSA) is 72.7 Å². The van der Waals surface area contributed by atoms with Gasteiger partial charge in [0.2, 0.25) is 0 Å². The molecule has 0 saturated heterocycles. The molecule has 35 heavy (non-hydrogen) atoms. The van der Waals surface area contributed by atoms with Crippen LogP contribution in [-0.4, -0.2) is 25.9 Å². The number of carbonyl (C=O) groups excluding carboxylic acids is 1. The monoisotopic (exact) mass is 519 g/mol. The van der Waals surface area contributed by atoms with Gasteiger partial charge in [-0.1, -0.05) is 35.2 Å². The Hall–Kier alpha value is -3.94. The molecular formula is C23H11Cl2F4N5O. The average Bonchev–Trinajstić information content (AvgIpc) is 3.34. The molecule has 0 aliphatic heterocycles.